The van der Waals surface area contributed by atoms with E-state index in [0.29, 0.717) is 34.7 Å². The van der Waals surface area contributed by atoms with Crippen molar-refractivity contribution in [2.45, 2.75) is 6.54 Å². The number of likely N-dealkylation sites (N-methyl/N-ethyl adjacent to an activating group) is 1. The van der Waals surface area contributed by atoms with Crippen molar-refractivity contribution < 1.29 is 18.7 Å². The maximum atomic E-state index is 12.7. The van der Waals surface area contributed by atoms with Crippen molar-refractivity contribution in [2.75, 3.05) is 13.7 Å². The van der Waals surface area contributed by atoms with Crippen molar-refractivity contribution in [3.05, 3.63) is 90.0 Å². The molecule has 0 radical (unpaired) electrons. The number of rotatable bonds is 6. The van der Waals surface area contributed by atoms with Gasteiger partial charge in [0.15, 0.2) is 12.2 Å². The number of carbonyl (C=O) groups excluding carboxylic acids is 2. The number of hydrogen-bond acceptors (Lipinski definition) is 5. The highest BCUT2D eigenvalue weighted by atomic mass is 16.5. The lowest BCUT2D eigenvalue weighted by Gasteiger charge is -2.17. The molecule has 0 saturated heterocycles. The molecule has 0 unspecified atom stereocenters. The zero-order valence-corrected chi connectivity index (χ0v) is 16.4. The molecule has 4 aromatic rings. The van der Waals surface area contributed by atoms with E-state index >= 15 is 0 Å². The Balaban J connectivity index is 1.46. The minimum atomic E-state index is -0.602. The van der Waals surface area contributed by atoms with Crippen molar-refractivity contribution in [3.63, 3.8) is 0 Å². The van der Waals surface area contributed by atoms with E-state index < -0.39 is 5.97 Å². The van der Waals surface area contributed by atoms with Crippen molar-refractivity contribution in [1.29, 1.82) is 0 Å². The highest BCUT2D eigenvalue weighted by Gasteiger charge is 2.20. The first kappa shape index (κ1) is 19.4. The summed E-state index contributed by atoms with van der Waals surface area (Å²) >= 11 is 0. The van der Waals surface area contributed by atoms with Crippen LogP contribution in [0.1, 0.15) is 15.9 Å². The predicted octanol–water partition coefficient (Wildman–Crippen LogP) is 4.31. The van der Waals surface area contributed by atoms with Gasteiger partial charge in [-0.3, -0.25) is 4.79 Å². The summed E-state index contributed by atoms with van der Waals surface area (Å²) in [4.78, 5) is 31.0. The van der Waals surface area contributed by atoms with Gasteiger partial charge in [-0.2, -0.15) is 0 Å². The number of ether oxygens (including phenoxy) is 1. The van der Waals surface area contributed by atoms with Crippen LogP contribution in [0.15, 0.2) is 83.3 Å². The van der Waals surface area contributed by atoms with Crippen molar-refractivity contribution in [1.82, 2.24) is 9.88 Å². The van der Waals surface area contributed by atoms with Gasteiger partial charge in [-0.05, 0) is 29.8 Å². The van der Waals surface area contributed by atoms with Gasteiger partial charge in [0.25, 0.3) is 5.91 Å². The lowest BCUT2D eigenvalue weighted by atomic mass is 10.1. The third-order valence-corrected chi connectivity index (χ3v) is 4.69. The van der Waals surface area contributed by atoms with Gasteiger partial charge in [0.1, 0.15) is 5.52 Å². The van der Waals surface area contributed by atoms with Crippen LogP contribution in [0.3, 0.4) is 0 Å². The Bertz CT molecular complexity index is 1150. The minimum Gasteiger partial charge on any atom is -0.452 e. The normalized spacial score (nSPS) is 10.7. The number of carbonyl (C=O) groups is 2. The molecule has 1 heterocycles. The molecule has 3 aromatic carbocycles. The fourth-order valence-electron chi connectivity index (χ4n) is 3.10. The summed E-state index contributed by atoms with van der Waals surface area (Å²) in [6.45, 7) is 0.0980. The average Bonchev–Trinajstić information content (AvgIpc) is 3.22. The van der Waals surface area contributed by atoms with Crippen LogP contribution in [0.4, 0.5) is 0 Å². The van der Waals surface area contributed by atoms with Crippen LogP contribution in [0.5, 0.6) is 0 Å². The van der Waals surface area contributed by atoms with Crippen LogP contribution >= 0.6 is 0 Å². The molecular formula is C24H20N2O4. The van der Waals surface area contributed by atoms with Gasteiger partial charge in [0, 0.05) is 13.6 Å². The van der Waals surface area contributed by atoms with E-state index in [4.69, 9.17) is 9.15 Å². The van der Waals surface area contributed by atoms with Crippen LogP contribution in [-0.2, 0) is 16.1 Å². The van der Waals surface area contributed by atoms with Gasteiger partial charge in [-0.15, -0.1) is 0 Å². The summed E-state index contributed by atoms with van der Waals surface area (Å²) in [5.74, 6) is -0.558. The number of amides is 1. The molecular weight excluding hydrogens is 380 g/mol. The molecule has 0 fully saturated rings. The molecule has 0 bridgehead atoms. The number of benzene rings is 3. The van der Waals surface area contributed by atoms with Gasteiger partial charge in [-0.25, -0.2) is 9.78 Å². The summed E-state index contributed by atoms with van der Waals surface area (Å²) < 4.78 is 11.1. The van der Waals surface area contributed by atoms with Gasteiger partial charge in [0.05, 0.1) is 11.1 Å². The number of esters is 1. The van der Waals surface area contributed by atoms with Gasteiger partial charge >= 0.3 is 5.97 Å². The van der Waals surface area contributed by atoms with Gasteiger partial charge in [0.2, 0.25) is 5.89 Å². The molecule has 6 nitrogen and oxygen atoms in total. The topological polar surface area (TPSA) is 72.6 Å². The Morgan fingerprint density at radius 2 is 1.63 bits per heavy atom. The smallest absolute Gasteiger partial charge is 0.339 e. The number of aromatic nitrogens is 1. The number of hydrogen-bond donors (Lipinski definition) is 0. The minimum absolute atomic E-state index is 0.286. The Morgan fingerprint density at radius 1 is 0.933 bits per heavy atom. The lowest BCUT2D eigenvalue weighted by Crippen LogP contribution is -2.30. The second kappa shape index (κ2) is 8.61. The number of oxazole rings is 1. The fourth-order valence-corrected chi connectivity index (χ4v) is 3.10. The molecule has 1 aromatic heterocycles. The molecule has 0 atom stereocenters. The largest absolute Gasteiger partial charge is 0.452 e. The van der Waals surface area contributed by atoms with Crippen molar-refractivity contribution in [2.24, 2.45) is 0 Å². The first-order valence-corrected chi connectivity index (χ1v) is 9.52. The summed E-state index contributed by atoms with van der Waals surface area (Å²) in [7, 11) is 1.68. The van der Waals surface area contributed by atoms with Crippen LogP contribution in [0.2, 0.25) is 0 Å². The highest BCUT2D eigenvalue weighted by molar-refractivity contribution is 5.97. The lowest BCUT2D eigenvalue weighted by molar-refractivity contribution is -0.133. The molecule has 0 saturated carbocycles. The molecule has 1 amide bonds. The fraction of sp³-hybridized carbons (Fsp3) is 0.125. The maximum Gasteiger partial charge on any atom is 0.339 e. The zero-order chi connectivity index (χ0) is 20.9. The molecule has 4 rings (SSSR count). The molecule has 0 aliphatic carbocycles. The standard InChI is InChI=1S/C24H20N2O4/c1-26(15-17-9-3-2-4-10-17)22(27)16-29-24(28)19-12-6-5-11-18(19)23-25-20-13-7-8-14-21(20)30-23/h2-14H,15-16H2,1H3. The summed E-state index contributed by atoms with van der Waals surface area (Å²) in [5, 5.41) is 0. The molecule has 6 heteroatoms. The quantitative estimate of drug-likeness (QED) is 0.451. The van der Waals surface area contributed by atoms with E-state index in [-0.39, 0.29) is 12.5 Å². The summed E-state index contributed by atoms with van der Waals surface area (Å²) in [5.41, 5.74) is 3.15. The van der Waals surface area contributed by atoms with Crippen LogP contribution < -0.4 is 0 Å². The van der Waals surface area contributed by atoms with E-state index in [1.54, 1.807) is 31.3 Å². The van der Waals surface area contributed by atoms with E-state index in [1.807, 2.05) is 54.6 Å². The van der Waals surface area contributed by atoms with Crippen molar-refractivity contribution >= 4 is 23.0 Å². The SMILES string of the molecule is CN(Cc1ccccc1)C(=O)COC(=O)c1ccccc1-c1nc2ccccc2o1. The molecule has 0 aliphatic rings. The monoisotopic (exact) mass is 400 g/mol. The zero-order valence-electron chi connectivity index (χ0n) is 16.4. The van der Waals surface area contributed by atoms with E-state index in [0.717, 1.165) is 5.56 Å². The molecule has 0 aliphatic heterocycles. The van der Waals surface area contributed by atoms with E-state index in [1.165, 1.54) is 4.90 Å². The van der Waals surface area contributed by atoms with Crippen LogP contribution in [-0.4, -0.2) is 35.4 Å². The first-order valence-electron chi connectivity index (χ1n) is 9.52. The van der Waals surface area contributed by atoms with Crippen molar-refractivity contribution in [3.8, 4) is 11.5 Å². The third-order valence-electron chi connectivity index (χ3n) is 4.69. The van der Waals surface area contributed by atoms with Gasteiger partial charge < -0.3 is 14.1 Å². The van der Waals surface area contributed by atoms with E-state index in [2.05, 4.69) is 4.98 Å². The molecule has 0 N–H and O–H groups in total. The Hall–Kier alpha value is -3.93. The average molecular weight is 400 g/mol. The summed E-state index contributed by atoms with van der Waals surface area (Å²) in [6, 6.07) is 23.9. The second-order valence-corrected chi connectivity index (χ2v) is 6.84. The number of fused-ring (bicyclic) bond motifs is 1. The predicted molar refractivity (Wildman–Crippen MR) is 113 cm³/mol. The molecule has 150 valence electrons. The summed E-state index contributed by atoms with van der Waals surface area (Å²) in [6.07, 6.45) is 0. The third kappa shape index (κ3) is 4.22. The van der Waals surface area contributed by atoms with Crippen LogP contribution in [0, 0.1) is 0 Å². The number of para-hydroxylation sites is 2. The Kier molecular flexibility index (Phi) is 5.57. The molecule has 0 spiro atoms. The highest BCUT2D eigenvalue weighted by Crippen LogP contribution is 2.27. The van der Waals surface area contributed by atoms with E-state index in [9.17, 15) is 9.59 Å². The Morgan fingerprint density at radius 3 is 2.43 bits per heavy atom. The Labute approximate surface area is 173 Å². The van der Waals surface area contributed by atoms with Gasteiger partial charge in [-0.1, -0.05) is 54.6 Å². The number of nitrogens with zero attached hydrogens (tertiary/aromatic N) is 2. The second-order valence-electron chi connectivity index (χ2n) is 6.84. The maximum absolute atomic E-state index is 12.7. The first-order chi connectivity index (χ1) is 14.6. The molecule has 30 heavy (non-hydrogen) atoms. The van der Waals surface area contributed by atoms with Crippen LogP contribution in [0.25, 0.3) is 22.6 Å².